The highest BCUT2D eigenvalue weighted by Crippen LogP contribution is 2.44. The lowest BCUT2D eigenvalue weighted by atomic mass is 9.70. The molecule has 112 valence electrons. The van der Waals surface area contributed by atoms with Crippen LogP contribution in [0.1, 0.15) is 53.6 Å². The van der Waals surface area contributed by atoms with Gasteiger partial charge in [0.25, 0.3) is 0 Å². The van der Waals surface area contributed by atoms with Crippen LogP contribution in [0.25, 0.3) is 0 Å². The van der Waals surface area contributed by atoms with E-state index in [0.717, 1.165) is 57.4 Å². The van der Waals surface area contributed by atoms with Crippen LogP contribution in [0, 0.1) is 5.92 Å². The molecule has 4 rings (SSSR count). The van der Waals surface area contributed by atoms with Gasteiger partial charge < -0.3 is 10.1 Å². The summed E-state index contributed by atoms with van der Waals surface area (Å²) in [5.74, 6) is 0.492. The molecule has 0 radical (unpaired) electrons. The van der Waals surface area contributed by atoms with Crippen molar-refractivity contribution in [2.75, 3.05) is 13.2 Å². The van der Waals surface area contributed by atoms with E-state index in [4.69, 9.17) is 4.74 Å². The van der Waals surface area contributed by atoms with Gasteiger partial charge in [-0.3, -0.25) is 4.79 Å². The second kappa shape index (κ2) is 5.22. The van der Waals surface area contributed by atoms with Crippen LogP contribution in [0.4, 0.5) is 0 Å². The van der Waals surface area contributed by atoms with Gasteiger partial charge in [0, 0.05) is 24.6 Å². The molecule has 0 bridgehead atoms. The molecule has 1 aliphatic carbocycles. The number of ether oxygens (including phenoxy) is 1. The summed E-state index contributed by atoms with van der Waals surface area (Å²) in [6.45, 7) is 2.69. The minimum absolute atomic E-state index is 0.0499. The smallest absolute Gasteiger partial charge is 0.166 e. The topological polar surface area (TPSA) is 38.3 Å². The van der Waals surface area contributed by atoms with Gasteiger partial charge in [0.15, 0.2) is 5.78 Å². The molecule has 1 atom stereocenters. The van der Waals surface area contributed by atoms with Gasteiger partial charge in [-0.05, 0) is 62.3 Å². The zero-order valence-corrected chi connectivity index (χ0v) is 12.5. The average molecular weight is 285 g/mol. The molecule has 1 N–H and O–H groups in total. The number of benzene rings is 1. The molecule has 21 heavy (non-hydrogen) atoms. The Morgan fingerprint density at radius 3 is 3.00 bits per heavy atom. The Bertz CT molecular complexity index is 562. The van der Waals surface area contributed by atoms with Crippen LogP contribution in [0.2, 0.25) is 0 Å². The molecule has 2 heterocycles. The lowest BCUT2D eigenvalue weighted by molar-refractivity contribution is -0.137. The van der Waals surface area contributed by atoms with Gasteiger partial charge in [0.05, 0.1) is 5.60 Å². The number of carbonyl (C=O) groups is 1. The van der Waals surface area contributed by atoms with Crippen LogP contribution in [0.5, 0.6) is 0 Å². The highest BCUT2D eigenvalue weighted by Gasteiger charge is 2.44. The Labute approximate surface area is 126 Å². The quantitative estimate of drug-likeness (QED) is 0.849. The third-order valence-electron chi connectivity index (χ3n) is 5.51. The summed E-state index contributed by atoms with van der Waals surface area (Å²) in [4.78, 5) is 12.8. The molecule has 1 saturated carbocycles. The fourth-order valence-corrected chi connectivity index (χ4v) is 4.04. The van der Waals surface area contributed by atoms with Crippen molar-refractivity contribution in [1.29, 1.82) is 0 Å². The lowest BCUT2D eigenvalue weighted by Gasteiger charge is -2.46. The molecule has 0 amide bonds. The van der Waals surface area contributed by atoms with Crippen molar-refractivity contribution in [3.63, 3.8) is 0 Å². The zero-order valence-electron chi connectivity index (χ0n) is 12.5. The summed E-state index contributed by atoms with van der Waals surface area (Å²) < 4.78 is 5.95. The van der Waals surface area contributed by atoms with Crippen LogP contribution in [-0.4, -0.2) is 24.5 Å². The van der Waals surface area contributed by atoms with E-state index in [-0.39, 0.29) is 11.5 Å². The van der Waals surface area contributed by atoms with Gasteiger partial charge in [0.2, 0.25) is 0 Å². The molecule has 1 aromatic carbocycles. The van der Waals surface area contributed by atoms with Crippen molar-refractivity contribution < 1.29 is 9.53 Å². The van der Waals surface area contributed by atoms with E-state index >= 15 is 0 Å². The van der Waals surface area contributed by atoms with Gasteiger partial charge >= 0.3 is 0 Å². The first-order valence-electron chi connectivity index (χ1n) is 8.27. The summed E-state index contributed by atoms with van der Waals surface area (Å²) in [7, 11) is 0. The van der Waals surface area contributed by atoms with E-state index in [1.807, 2.05) is 6.07 Å². The molecule has 3 nitrogen and oxygen atoms in total. The standard InChI is InChI=1S/C18H23NO2/c20-17(15-5-9-21-18(11-15)6-1-7-18)14-3-2-13-4-8-19-12-16(13)10-14/h2-3,10,15,19H,1,4-9,11-12H2. The fraction of sp³-hybridized carbons (Fsp3) is 0.611. The number of rotatable bonds is 2. The molecular weight excluding hydrogens is 262 g/mol. The van der Waals surface area contributed by atoms with E-state index in [9.17, 15) is 4.79 Å². The van der Waals surface area contributed by atoms with E-state index in [1.165, 1.54) is 17.5 Å². The SMILES string of the molecule is O=C(c1ccc2c(c1)CNCC2)C1CCOC2(CCC2)C1. The highest BCUT2D eigenvalue weighted by atomic mass is 16.5. The Hall–Kier alpha value is -1.19. The second-order valence-corrected chi connectivity index (χ2v) is 6.85. The summed E-state index contributed by atoms with van der Waals surface area (Å²) >= 11 is 0. The Balaban J connectivity index is 1.54. The van der Waals surface area contributed by atoms with Crippen molar-refractivity contribution in [1.82, 2.24) is 5.32 Å². The number of hydrogen-bond acceptors (Lipinski definition) is 3. The molecule has 2 aliphatic heterocycles. The maximum Gasteiger partial charge on any atom is 0.166 e. The molecule has 1 spiro atoms. The molecule has 3 heteroatoms. The minimum atomic E-state index is 0.0499. The molecule has 1 unspecified atom stereocenters. The number of hydrogen-bond donors (Lipinski definition) is 1. The normalized spacial score (nSPS) is 27.0. The number of Topliss-reactive ketones (excluding diaryl/α,β-unsaturated/α-hetero) is 1. The van der Waals surface area contributed by atoms with Crippen molar-refractivity contribution in [3.8, 4) is 0 Å². The Morgan fingerprint density at radius 2 is 2.19 bits per heavy atom. The number of nitrogens with one attached hydrogen (secondary N) is 1. The average Bonchev–Trinajstić information content (AvgIpc) is 2.52. The van der Waals surface area contributed by atoms with Gasteiger partial charge in [-0.15, -0.1) is 0 Å². The van der Waals surface area contributed by atoms with E-state index in [2.05, 4.69) is 17.4 Å². The van der Waals surface area contributed by atoms with Gasteiger partial charge in [-0.1, -0.05) is 12.1 Å². The van der Waals surface area contributed by atoms with Crippen molar-refractivity contribution >= 4 is 5.78 Å². The first-order valence-corrected chi connectivity index (χ1v) is 8.27. The van der Waals surface area contributed by atoms with Crippen molar-refractivity contribution in [3.05, 3.63) is 34.9 Å². The third-order valence-corrected chi connectivity index (χ3v) is 5.51. The van der Waals surface area contributed by atoms with Gasteiger partial charge in [-0.25, -0.2) is 0 Å². The zero-order chi connectivity index (χ0) is 14.3. The predicted molar refractivity (Wildman–Crippen MR) is 81.4 cm³/mol. The molecule has 1 aromatic rings. The minimum Gasteiger partial charge on any atom is -0.375 e. The molecule has 1 saturated heterocycles. The Kier molecular flexibility index (Phi) is 3.35. The first kappa shape index (κ1) is 13.5. The maximum atomic E-state index is 12.8. The number of ketones is 1. The predicted octanol–water partition coefficient (Wildman–Crippen LogP) is 2.86. The Morgan fingerprint density at radius 1 is 1.29 bits per heavy atom. The second-order valence-electron chi connectivity index (χ2n) is 6.85. The summed E-state index contributed by atoms with van der Waals surface area (Å²) in [5.41, 5.74) is 3.65. The summed E-state index contributed by atoms with van der Waals surface area (Å²) in [6.07, 6.45) is 6.43. The van der Waals surface area contributed by atoms with E-state index in [1.54, 1.807) is 0 Å². The first-order chi connectivity index (χ1) is 10.3. The largest absolute Gasteiger partial charge is 0.375 e. The summed E-state index contributed by atoms with van der Waals surface area (Å²) in [5, 5.41) is 3.39. The van der Waals surface area contributed by atoms with Gasteiger partial charge in [0.1, 0.15) is 0 Å². The number of fused-ring (bicyclic) bond motifs is 1. The monoisotopic (exact) mass is 285 g/mol. The molecule has 3 aliphatic rings. The van der Waals surface area contributed by atoms with Crippen LogP contribution in [-0.2, 0) is 17.7 Å². The number of carbonyl (C=O) groups excluding carboxylic acids is 1. The third kappa shape index (κ3) is 2.43. The van der Waals surface area contributed by atoms with E-state index in [0.29, 0.717) is 5.78 Å². The van der Waals surface area contributed by atoms with E-state index < -0.39 is 0 Å². The lowest BCUT2D eigenvalue weighted by Crippen LogP contribution is -2.47. The maximum absolute atomic E-state index is 12.8. The van der Waals surface area contributed by atoms with Gasteiger partial charge in [-0.2, -0.15) is 0 Å². The van der Waals surface area contributed by atoms with Crippen molar-refractivity contribution in [2.45, 2.75) is 50.7 Å². The fourth-order valence-electron chi connectivity index (χ4n) is 4.04. The van der Waals surface area contributed by atoms with Crippen LogP contribution in [0.3, 0.4) is 0 Å². The van der Waals surface area contributed by atoms with Crippen LogP contribution < -0.4 is 5.32 Å². The molecular formula is C18H23NO2. The molecule has 0 aromatic heterocycles. The van der Waals surface area contributed by atoms with Crippen LogP contribution >= 0.6 is 0 Å². The molecule has 2 fully saturated rings. The van der Waals surface area contributed by atoms with Crippen molar-refractivity contribution in [2.24, 2.45) is 5.92 Å². The van der Waals surface area contributed by atoms with Crippen LogP contribution in [0.15, 0.2) is 18.2 Å². The summed E-state index contributed by atoms with van der Waals surface area (Å²) in [6, 6.07) is 6.31. The highest BCUT2D eigenvalue weighted by molar-refractivity contribution is 5.98.